The third-order valence-corrected chi connectivity index (χ3v) is 3.01. The number of aromatic nitrogens is 2. The lowest BCUT2D eigenvalue weighted by atomic mass is 10.1. The predicted molar refractivity (Wildman–Crippen MR) is 81.3 cm³/mol. The third-order valence-electron chi connectivity index (χ3n) is 3.01. The molecule has 0 aliphatic carbocycles. The van der Waals surface area contributed by atoms with Crippen LogP contribution in [0, 0.1) is 0 Å². The van der Waals surface area contributed by atoms with Gasteiger partial charge in [0.2, 0.25) is 5.88 Å². The number of nitrogens with zero attached hydrogens (tertiary/aromatic N) is 2. The van der Waals surface area contributed by atoms with Crippen molar-refractivity contribution in [2.45, 2.75) is 26.2 Å². The van der Waals surface area contributed by atoms with Crippen molar-refractivity contribution in [1.82, 2.24) is 9.97 Å². The average Bonchev–Trinajstić information content (AvgIpc) is 2.48. The Kier molecular flexibility index (Phi) is 4.93. The maximum Gasteiger partial charge on any atom is 0.218 e. The lowest BCUT2D eigenvalue weighted by molar-refractivity contribution is 0.394. The summed E-state index contributed by atoms with van der Waals surface area (Å²) in [7, 11) is 1.63. The first-order valence-corrected chi connectivity index (χ1v) is 6.90. The molecule has 1 N–H and O–H groups in total. The van der Waals surface area contributed by atoms with Crippen molar-refractivity contribution < 1.29 is 4.74 Å². The normalized spacial score (nSPS) is 10.6. The highest BCUT2D eigenvalue weighted by molar-refractivity contribution is 5.39. The Morgan fingerprint density at radius 2 is 1.90 bits per heavy atom. The number of ether oxygens (including phenoxy) is 1. The molecule has 2 aromatic rings. The first-order chi connectivity index (χ1) is 9.69. The van der Waals surface area contributed by atoms with E-state index in [-0.39, 0.29) is 5.92 Å². The van der Waals surface area contributed by atoms with Crippen molar-refractivity contribution in [3.05, 3.63) is 47.8 Å². The second-order valence-corrected chi connectivity index (χ2v) is 4.97. The van der Waals surface area contributed by atoms with E-state index in [4.69, 9.17) is 4.74 Å². The van der Waals surface area contributed by atoms with Crippen LogP contribution in [0.4, 0.5) is 5.82 Å². The van der Waals surface area contributed by atoms with Gasteiger partial charge in [-0.25, -0.2) is 4.98 Å². The molecule has 0 amide bonds. The second kappa shape index (κ2) is 6.89. The van der Waals surface area contributed by atoms with Crippen LogP contribution in [0.5, 0.6) is 5.88 Å². The zero-order valence-corrected chi connectivity index (χ0v) is 12.3. The van der Waals surface area contributed by atoms with Crippen molar-refractivity contribution in [3.63, 3.8) is 0 Å². The second-order valence-electron chi connectivity index (χ2n) is 4.97. The summed E-state index contributed by atoms with van der Waals surface area (Å²) in [5.41, 5.74) is 1.31. The molecular weight excluding hydrogens is 250 g/mol. The minimum absolute atomic E-state index is 0.278. The van der Waals surface area contributed by atoms with Gasteiger partial charge in [0.15, 0.2) is 0 Å². The van der Waals surface area contributed by atoms with E-state index in [9.17, 15) is 0 Å². The van der Waals surface area contributed by atoms with E-state index in [1.807, 2.05) is 12.1 Å². The summed E-state index contributed by atoms with van der Waals surface area (Å²) < 4.78 is 5.22. The van der Waals surface area contributed by atoms with Crippen molar-refractivity contribution in [2.24, 2.45) is 0 Å². The summed E-state index contributed by atoms with van der Waals surface area (Å²) >= 11 is 0. The van der Waals surface area contributed by atoms with Gasteiger partial charge in [-0.2, -0.15) is 4.98 Å². The molecule has 0 unspecified atom stereocenters. The van der Waals surface area contributed by atoms with Crippen LogP contribution in [-0.4, -0.2) is 23.6 Å². The molecule has 106 valence electrons. The van der Waals surface area contributed by atoms with Gasteiger partial charge in [-0.1, -0.05) is 44.2 Å². The van der Waals surface area contributed by atoms with Gasteiger partial charge in [-0.05, 0) is 12.0 Å². The molecule has 4 heteroatoms. The topological polar surface area (TPSA) is 47.0 Å². The maximum absolute atomic E-state index is 5.22. The number of anilines is 1. The molecule has 0 fully saturated rings. The highest BCUT2D eigenvalue weighted by atomic mass is 16.5. The van der Waals surface area contributed by atoms with Gasteiger partial charge in [-0.3, -0.25) is 0 Å². The highest BCUT2D eigenvalue weighted by Crippen LogP contribution is 2.18. The van der Waals surface area contributed by atoms with Crippen molar-refractivity contribution in [1.29, 1.82) is 0 Å². The van der Waals surface area contributed by atoms with Crippen LogP contribution >= 0.6 is 0 Å². The highest BCUT2D eigenvalue weighted by Gasteiger charge is 2.08. The lowest BCUT2D eigenvalue weighted by Crippen LogP contribution is -2.09. The molecule has 0 saturated heterocycles. The quantitative estimate of drug-likeness (QED) is 0.876. The van der Waals surface area contributed by atoms with Crippen LogP contribution in [0.1, 0.15) is 31.2 Å². The van der Waals surface area contributed by atoms with E-state index in [2.05, 4.69) is 53.4 Å². The first-order valence-electron chi connectivity index (χ1n) is 6.90. The number of benzene rings is 1. The summed E-state index contributed by atoms with van der Waals surface area (Å²) in [6.45, 7) is 4.98. The zero-order chi connectivity index (χ0) is 14.4. The Hall–Kier alpha value is -2.10. The molecule has 1 aromatic heterocycles. The molecular formula is C16H21N3O. The Bertz CT molecular complexity index is 541. The number of methoxy groups -OCH3 is 1. The fraction of sp³-hybridized carbons (Fsp3) is 0.375. The zero-order valence-electron chi connectivity index (χ0n) is 12.3. The van der Waals surface area contributed by atoms with Crippen LogP contribution in [0.25, 0.3) is 0 Å². The summed E-state index contributed by atoms with van der Waals surface area (Å²) in [4.78, 5) is 8.85. The molecule has 2 rings (SSSR count). The van der Waals surface area contributed by atoms with E-state index in [1.165, 1.54) is 5.56 Å². The third kappa shape index (κ3) is 3.95. The molecule has 4 nitrogen and oxygen atoms in total. The molecule has 1 heterocycles. The van der Waals surface area contributed by atoms with E-state index in [0.717, 1.165) is 24.6 Å². The lowest BCUT2D eigenvalue weighted by Gasteiger charge is -2.11. The summed E-state index contributed by atoms with van der Waals surface area (Å²) in [5.74, 6) is 2.49. The van der Waals surface area contributed by atoms with Crippen LogP contribution in [0.3, 0.4) is 0 Å². The number of nitrogens with one attached hydrogen (secondary N) is 1. The molecule has 0 bridgehead atoms. The predicted octanol–water partition coefficient (Wildman–Crippen LogP) is 3.26. The number of hydrogen-bond donors (Lipinski definition) is 1. The van der Waals surface area contributed by atoms with Gasteiger partial charge in [0.05, 0.1) is 7.11 Å². The van der Waals surface area contributed by atoms with Gasteiger partial charge in [0.1, 0.15) is 11.6 Å². The monoisotopic (exact) mass is 271 g/mol. The smallest absolute Gasteiger partial charge is 0.218 e. The summed E-state index contributed by atoms with van der Waals surface area (Å²) in [6, 6.07) is 12.2. The molecule has 20 heavy (non-hydrogen) atoms. The van der Waals surface area contributed by atoms with Gasteiger partial charge < -0.3 is 10.1 Å². The van der Waals surface area contributed by atoms with E-state index in [1.54, 1.807) is 7.11 Å². The van der Waals surface area contributed by atoms with Gasteiger partial charge >= 0.3 is 0 Å². The molecule has 0 saturated carbocycles. The Balaban J connectivity index is 2.00. The Labute approximate surface area is 120 Å². The molecule has 0 aliphatic rings. The SMILES string of the molecule is COc1cc(NCCc2ccccc2)nc(C(C)C)n1. The number of hydrogen-bond acceptors (Lipinski definition) is 4. The van der Waals surface area contributed by atoms with Crippen molar-refractivity contribution in [3.8, 4) is 5.88 Å². The minimum Gasteiger partial charge on any atom is -0.481 e. The molecule has 0 atom stereocenters. The fourth-order valence-corrected chi connectivity index (χ4v) is 1.88. The molecule has 0 aliphatic heterocycles. The summed E-state index contributed by atoms with van der Waals surface area (Å²) in [5, 5.41) is 3.33. The largest absolute Gasteiger partial charge is 0.481 e. The van der Waals surface area contributed by atoms with E-state index >= 15 is 0 Å². The summed E-state index contributed by atoms with van der Waals surface area (Å²) in [6.07, 6.45) is 0.962. The van der Waals surface area contributed by atoms with E-state index < -0.39 is 0 Å². The average molecular weight is 271 g/mol. The van der Waals surface area contributed by atoms with Crippen LogP contribution < -0.4 is 10.1 Å². The van der Waals surface area contributed by atoms with Gasteiger partial charge in [0.25, 0.3) is 0 Å². The van der Waals surface area contributed by atoms with Crippen molar-refractivity contribution in [2.75, 3.05) is 19.0 Å². The first kappa shape index (κ1) is 14.3. The van der Waals surface area contributed by atoms with Crippen LogP contribution in [0.2, 0.25) is 0 Å². The van der Waals surface area contributed by atoms with Crippen molar-refractivity contribution >= 4 is 5.82 Å². The van der Waals surface area contributed by atoms with Crippen LogP contribution in [0.15, 0.2) is 36.4 Å². The molecule has 1 aromatic carbocycles. The number of rotatable bonds is 6. The van der Waals surface area contributed by atoms with Gasteiger partial charge in [-0.15, -0.1) is 0 Å². The molecule has 0 spiro atoms. The van der Waals surface area contributed by atoms with E-state index in [0.29, 0.717) is 5.88 Å². The van der Waals surface area contributed by atoms with Gasteiger partial charge in [0, 0.05) is 18.5 Å². The Morgan fingerprint density at radius 1 is 1.15 bits per heavy atom. The maximum atomic E-state index is 5.22. The molecule has 0 radical (unpaired) electrons. The minimum atomic E-state index is 0.278. The Morgan fingerprint density at radius 3 is 2.55 bits per heavy atom. The van der Waals surface area contributed by atoms with Crippen LogP contribution in [-0.2, 0) is 6.42 Å². The fourth-order valence-electron chi connectivity index (χ4n) is 1.88. The standard InChI is InChI=1S/C16H21N3O/c1-12(2)16-18-14(11-15(19-16)20-3)17-10-9-13-7-5-4-6-8-13/h4-8,11-12H,9-10H2,1-3H3,(H,17,18,19).